The van der Waals surface area contributed by atoms with Crippen LogP contribution in [0.1, 0.15) is 20.8 Å². The van der Waals surface area contributed by atoms with Gasteiger partial charge in [0.2, 0.25) is 5.78 Å². The summed E-state index contributed by atoms with van der Waals surface area (Å²) in [4.78, 5) is 12.5. The van der Waals surface area contributed by atoms with Gasteiger partial charge in [-0.25, -0.2) is 4.39 Å². The van der Waals surface area contributed by atoms with Crippen molar-refractivity contribution in [3.05, 3.63) is 53.7 Å². The van der Waals surface area contributed by atoms with E-state index in [1.807, 2.05) is 6.07 Å². The molecule has 2 nitrogen and oxygen atoms in total. The standard InChI is InChI=1S/C14H4Br2FNOS2/c15-13-8-9(17)12(20-11(8)14(16)21-13)10(19)7-3-1-2-6(4-7)5-18/h1-4H. The van der Waals surface area contributed by atoms with Crippen molar-refractivity contribution < 1.29 is 9.18 Å². The Hall–Kier alpha value is -1.07. The molecule has 0 spiro atoms. The number of ketones is 1. The Kier molecular flexibility index (Phi) is 3.97. The van der Waals surface area contributed by atoms with E-state index in [0.717, 1.165) is 15.1 Å². The van der Waals surface area contributed by atoms with E-state index in [0.29, 0.717) is 25.0 Å². The summed E-state index contributed by atoms with van der Waals surface area (Å²) in [6, 6.07) is 8.25. The zero-order valence-corrected chi connectivity index (χ0v) is 14.9. The minimum atomic E-state index is -0.517. The van der Waals surface area contributed by atoms with Crippen molar-refractivity contribution in [2.75, 3.05) is 0 Å². The van der Waals surface area contributed by atoms with Gasteiger partial charge in [0.1, 0.15) is 4.88 Å². The van der Waals surface area contributed by atoms with Crippen LogP contribution >= 0.6 is 54.5 Å². The zero-order chi connectivity index (χ0) is 15.1. The lowest BCUT2D eigenvalue weighted by Crippen LogP contribution is -2.01. The highest BCUT2D eigenvalue weighted by Gasteiger charge is 2.24. The van der Waals surface area contributed by atoms with Gasteiger partial charge in [-0.15, -0.1) is 22.7 Å². The molecule has 0 atom stereocenters. The SMILES string of the molecule is N#Cc1cccc(C(=O)c2sc3c(Br)sc(Br)c3c2F)c1. The quantitative estimate of drug-likeness (QED) is 0.473. The van der Waals surface area contributed by atoms with Crippen molar-refractivity contribution in [3.8, 4) is 6.07 Å². The van der Waals surface area contributed by atoms with E-state index in [9.17, 15) is 9.18 Å². The molecule has 104 valence electrons. The second kappa shape index (κ2) is 5.61. The summed E-state index contributed by atoms with van der Waals surface area (Å²) in [5, 5.41) is 9.31. The van der Waals surface area contributed by atoms with Crippen LogP contribution in [0.25, 0.3) is 10.1 Å². The van der Waals surface area contributed by atoms with Crippen molar-refractivity contribution in [2.24, 2.45) is 0 Å². The van der Waals surface area contributed by atoms with Crippen LogP contribution in [0.3, 0.4) is 0 Å². The van der Waals surface area contributed by atoms with Crippen molar-refractivity contribution >= 4 is 70.4 Å². The molecule has 0 N–H and O–H groups in total. The lowest BCUT2D eigenvalue weighted by Gasteiger charge is -1.99. The highest BCUT2D eigenvalue weighted by atomic mass is 79.9. The van der Waals surface area contributed by atoms with Gasteiger partial charge in [-0.2, -0.15) is 5.26 Å². The fraction of sp³-hybridized carbons (Fsp3) is 0. The molecule has 0 radical (unpaired) electrons. The molecule has 0 saturated heterocycles. The predicted molar refractivity (Wildman–Crippen MR) is 89.6 cm³/mol. The molecule has 7 heteroatoms. The fourth-order valence-electron chi connectivity index (χ4n) is 1.91. The summed E-state index contributed by atoms with van der Waals surface area (Å²) in [7, 11) is 0. The normalized spacial score (nSPS) is 10.8. The maximum Gasteiger partial charge on any atom is 0.206 e. The molecule has 0 aliphatic carbocycles. The van der Waals surface area contributed by atoms with E-state index in [-0.39, 0.29) is 4.88 Å². The van der Waals surface area contributed by atoms with Crippen LogP contribution in [0.2, 0.25) is 0 Å². The topological polar surface area (TPSA) is 40.9 Å². The van der Waals surface area contributed by atoms with Gasteiger partial charge in [0.05, 0.1) is 29.3 Å². The number of hydrogen-bond donors (Lipinski definition) is 0. The second-order valence-corrected chi connectivity index (χ2v) is 8.80. The number of nitriles is 1. The average Bonchev–Trinajstić information content (AvgIpc) is 2.97. The number of nitrogens with zero attached hydrogens (tertiary/aromatic N) is 1. The van der Waals surface area contributed by atoms with E-state index in [4.69, 9.17) is 5.26 Å². The van der Waals surface area contributed by atoms with Gasteiger partial charge in [0.15, 0.2) is 5.82 Å². The maximum absolute atomic E-state index is 14.5. The summed E-state index contributed by atoms with van der Waals surface area (Å²) in [6.07, 6.45) is 0. The van der Waals surface area contributed by atoms with Gasteiger partial charge in [-0.1, -0.05) is 12.1 Å². The van der Waals surface area contributed by atoms with Gasteiger partial charge in [0, 0.05) is 5.56 Å². The van der Waals surface area contributed by atoms with Crippen molar-refractivity contribution in [3.63, 3.8) is 0 Å². The molecule has 0 aliphatic heterocycles. The van der Waals surface area contributed by atoms with E-state index in [2.05, 4.69) is 31.9 Å². The second-order valence-electron chi connectivity index (χ2n) is 4.12. The van der Waals surface area contributed by atoms with E-state index in [1.54, 1.807) is 18.2 Å². The van der Waals surface area contributed by atoms with Crippen LogP contribution in [0.15, 0.2) is 31.8 Å². The monoisotopic (exact) mass is 443 g/mol. The van der Waals surface area contributed by atoms with Crippen LogP contribution in [0.5, 0.6) is 0 Å². The number of fused-ring (bicyclic) bond motifs is 1. The van der Waals surface area contributed by atoms with E-state index in [1.165, 1.54) is 17.4 Å². The smallest absolute Gasteiger partial charge is 0.206 e. The first kappa shape index (κ1) is 14.9. The number of carbonyl (C=O) groups excluding carboxylic acids is 1. The molecule has 1 aromatic carbocycles. The lowest BCUT2D eigenvalue weighted by molar-refractivity contribution is 0.103. The Bertz CT molecular complexity index is 923. The number of carbonyl (C=O) groups is 1. The third kappa shape index (κ3) is 2.46. The van der Waals surface area contributed by atoms with E-state index >= 15 is 0 Å². The molecule has 0 aliphatic rings. The van der Waals surface area contributed by atoms with Crippen LogP contribution in [-0.4, -0.2) is 5.78 Å². The Morgan fingerprint density at radius 2 is 2.00 bits per heavy atom. The minimum absolute atomic E-state index is 0.0595. The molecule has 2 heterocycles. The zero-order valence-electron chi connectivity index (χ0n) is 10.1. The minimum Gasteiger partial charge on any atom is -0.288 e. The third-order valence-electron chi connectivity index (χ3n) is 2.86. The Balaban J connectivity index is 2.16. The summed E-state index contributed by atoms with van der Waals surface area (Å²) in [5.74, 6) is -0.925. The molecule has 0 fully saturated rings. The summed E-state index contributed by atoms with van der Waals surface area (Å²) >= 11 is 9.17. The lowest BCUT2D eigenvalue weighted by atomic mass is 10.1. The molecule has 0 saturated carbocycles. The fourth-order valence-corrected chi connectivity index (χ4v) is 6.42. The number of thiophene rings is 2. The molecule has 3 aromatic rings. The van der Waals surface area contributed by atoms with Crippen molar-refractivity contribution in [1.82, 2.24) is 0 Å². The first-order chi connectivity index (χ1) is 10.0. The number of rotatable bonds is 2. The Morgan fingerprint density at radius 3 is 2.67 bits per heavy atom. The summed E-state index contributed by atoms with van der Waals surface area (Å²) in [5.41, 5.74) is 0.689. The van der Waals surface area contributed by atoms with Gasteiger partial charge in [-0.3, -0.25) is 4.79 Å². The summed E-state index contributed by atoms with van der Waals surface area (Å²) < 4.78 is 16.7. The van der Waals surface area contributed by atoms with Gasteiger partial charge >= 0.3 is 0 Å². The maximum atomic E-state index is 14.5. The predicted octanol–water partition coefficient (Wildman–Crippen LogP) is 5.73. The average molecular weight is 445 g/mol. The molecule has 3 rings (SSSR count). The molecular weight excluding hydrogens is 441 g/mol. The van der Waals surface area contributed by atoms with Crippen LogP contribution in [0.4, 0.5) is 4.39 Å². The van der Waals surface area contributed by atoms with Gasteiger partial charge < -0.3 is 0 Å². The number of hydrogen-bond acceptors (Lipinski definition) is 4. The highest BCUT2D eigenvalue weighted by Crippen LogP contribution is 2.46. The number of benzene rings is 1. The Labute approximate surface area is 144 Å². The van der Waals surface area contributed by atoms with Crippen LogP contribution in [-0.2, 0) is 0 Å². The first-order valence-electron chi connectivity index (χ1n) is 5.63. The first-order valence-corrected chi connectivity index (χ1v) is 8.85. The molecular formula is C14H4Br2FNOS2. The highest BCUT2D eigenvalue weighted by molar-refractivity contribution is 9.12. The molecule has 0 amide bonds. The van der Waals surface area contributed by atoms with Gasteiger partial charge in [0.25, 0.3) is 0 Å². The third-order valence-corrected chi connectivity index (χ3v) is 6.97. The van der Waals surface area contributed by atoms with Crippen LogP contribution < -0.4 is 0 Å². The Morgan fingerprint density at radius 1 is 1.24 bits per heavy atom. The van der Waals surface area contributed by atoms with Crippen molar-refractivity contribution in [2.45, 2.75) is 0 Å². The molecule has 0 unspecified atom stereocenters. The number of halogens is 3. The molecule has 2 aromatic heterocycles. The van der Waals surface area contributed by atoms with E-state index < -0.39 is 11.6 Å². The van der Waals surface area contributed by atoms with Gasteiger partial charge in [-0.05, 0) is 44.0 Å². The molecule has 21 heavy (non-hydrogen) atoms. The largest absolute Gasteiger partial charge is 0.288 e. The van der Waals surface area contributed by atoms with Crippen LogP contribution in [0, 0.1) is 17.1 Å². The molecule has 0 bridgehead atoms. The summed E-state index contributed by atoms with van der Waals surface area (Å²) in [6.45, 7) is 0. The van der Waals surface area contributed by atoms with Crippen molar-refractivity contribution in [1.29, 1.82) is 5.26 Å².